The zero-order valence-electron chi connectivity index (χ0n) is 10.5. The first-order valence-electron chi connectivity index (χ1n) is 5.70. The van der Waals surface area contributed by atoms with Crippen molar-refractivity contribution in [3.8, 4) is 6.07 Å². The molecule has 1 amide bonds. The molecule has 0 saturated heterocycles. The highest BCUT2D eigenvalue weighted by Crippen LogP contribution is 2.19. The van der Waals surface area contributed by atoms with E-state index in [2.05, 4.69) is 16.5 Å². The Morgan fingerprint density at radius 1 is 1.71 bits per heavy atom. The minimum atomic E-state index is -0.924. The number of carbonyl (C=O) groups excluding carboxylic acids is 1. The molecule has 0 fully saturated rings. The first kappa shape index (κ1) is 13.2. The van der Waals surface area contributed by atoms with E-state index in [0.717, 1.165) is 5.69 Å². The molecule has 0 spiro atoms. The zero-order chi connectivity index (χ0) is 12.9. The van der Waals surface area contributed by atoms with Gasteiger partial charge in [-0.2, -0.15) is 10.4 Å². The topological polar surface area (TPSA) is 70.7 Å². The lowest BCUT2D eigenvalue weighted by Gasteiger charge is -2.18. The number of nitriles is 1. The molecule has 1 atom stereocenters. The second kappa shape index (κ2) is 5.48. The summed E-state index contributed by atoms with van der Waals surface area (Å²) < 4.78 is 1.77. The molecule has 0 radical (unpaired) electrons. The number of aryl methyl sites for hydroxylation is 1. The Labute approximate surface area is 101 Å². The van der Waals surface area contributed by atoms with Crippen LogP contribution in [0.1, 0.15) is 26.0 Å². The van der Waals surface area contributed by atoms with Crippen molar-refractivity contribution in [3.63, 3.8) is 0 Å². The van der Waals surface area contributed by atoms with Crippen LogP contribution in [-0.2, 0) is 18.3 Å². The van der Waals surface area contributed by atoms with Crippen molar-refractivity contribution in [2.45, 2.75) is 26.7 Å². The lowest BCUT2D eigenvalue weighted by Crippen LogP contribution is -2.38. The van der Waals surface area contributed by atoms with Crippen LogP contribution in [0.4, 0.5) is 0 Å². The van der Waals surface area contributed by atoms with Crippen LogP contribution in [0.15, 0.2) is 12.3 Å². The summed E-state index contributed by atoms with van der Waals surface area (Å²) in [5.74, 6) is -0.204. The smallest absolute Gasteiger partial charge is 0.240 e. The van der Waals surface area contributed by atoms with Gasteiger partial charge >= 0.3 is 0 Å². The lowest BCUT2D eigenvalue weighted by molar-refractivity contribution is -0.127. The number of nitrogens with zero attached hydrogens (tertiary/aromatic N) is 3. The molecule has 1 unspecified atom stereocenters. The Bertz CT molecular complexity index is 432. The summed E-state index contributed by atoms with van der Waals surface area (Å²) in [6, 6.07) is 3.97. The van der Waals surface area contributed by atoms with E-state index in [0.29, 0.717) is 19.4 Å². The van der Waals surface area contributed by atoms with E-state index in [1.807, 2.05) is 20.0 Å². The molecule has 1 heterocycles. The van der Waals surface area contributed by atoms with Crippen molar-refractivity contribution in [2.24, 2.45) is 12.5 Å². The Hall–Kier alpha value is -1.83. The molecule has 1 N–H and O–H groups in total. The van der Waals surface area contributed by atoms with Crippen LogP contribution >= 0.6 is 0 Å². The van der Waals surface area contributed by atoms with Crippen molar-refractivity contribution in [1.29, 1.82) is 5.26 Å². The van der Waals surface area contributed by atoms with Gasteiger partial charge in [0.15, 0.2) is 0 Å². The molecule has 1 aromatic heterocycles. The van der Waals surface area contributed by atoms with Crippen molar-refractivity contribution in [2.75, 3.05) is 6.54 Å². The highest BCUT2D eigenvalue weighted by atomic mass is 16.2. The maximum Gasteiger partial charge on any atom is 0.240 e. The van der Waals surface area contributed by atoms with Crippen molar-refractivity contribution >= 4 is 5.91 Å². The van der Waals surface area contributed by atoms with Crippen molar-refractivity contribution < 1.29 is 4.79 Å². The maximum absolute atomic E-state index is 11.8. The fourth-order valence-corrected chi connectivity index (χ4v) is 1.44. The maximum atomic E-state index is 11.8. The summed E-state index contributed by atoms with van der Waals surface area (Å²) in [5.41, 5.74) is 0.132. The van der Waals surface area contributed by atoms with Gasteiger partial charge in [0.05, 0.1) is 6.07 Å². The van der Waals surface area contributed by atoms with Crippen LogP contribution in [0.3, 0.4) is 0 Å². The first-order valence-corrected chi connectivity index (χ1v) is 5.70. The Morgan fingerprint density at radius 2 is 2.41 bits per heavy atom. The van der Waals surface area contributed by atoms with Gasteiger partial charge in [0.1, 0.15) is 5.41 Å². The molecule has 0 aliphatic rings. The summed E-state index contributed by atoms with van der Waals surface area (Å²) in [6.45, 7) is 4.02. The molecule has 0 bridgehead atoms. The number of hydrogen-bond donors (Lipinski definition) is 1. The van der Waals surface area contributed by atoms with Crippen LogP contribution < -0.4 is 5.32 Å². The monoisotopic (exact) mass is 234 g/mol. The number of hydrogen-bond acceptors (Lipinski definition) is 3. The number of nitrogens with one attached hydrogen (secondary N) is 1. The molecule has 0 aliphatic carbocycles. The van der Waals surface area contributed by atoms with Gasteiger partial charge in [0.25, 0.3) is 0 Å². The van der Waals surface area contributed by atoms with Gasteiger partial charge in [0, 0.05) is 31.9 Å². The number of carbonyl (C=O) groups is 1. The quantitative estimate of drug-likeness (QED) is 0.826. The molecule has 0 aromatic carbocycles. The van der Waals surface area contributed by atoms with Gasteiger partial charge in [0.2, 0.25) is 5.91 Å². The van der Waals surface area contributed by atoms with Crippen LogP contribution in [0.5, 0.6) is 0 Å². The highest BCUT2D eigenvalue weighted by Gasteiger charge is 2.30. The second-order valence-corrected chi connectivity index (χ2v) is 4.25. The predicted molar refractivity (Wildman–Crippen MR) is 63.9 cm³/mol. The van der Waals surface area contributed by atoms with Crippen LogP contribution in [0.25, 0.3) is 0 Å². The first-order chi connectivity index (χ1) is 8.03. The van der Waals surface area contributed by atoms with Gasteiger partial charge in [-0.3, -0.25) is 9.48 Å². The van der Waals surface area contributed by atoms with Gasteiger partial charge in [-0.05, 0) is 19.4 Å². The number of rotatable bonds is 5. The van der Waals surface area contributed by atoms with Gasteiger partial charge < -0.3 is 5.32 Å². The zero-order valence-corrected chi connectivity index (χ0v) is 10.5. The van der Waals surface area contributed by atoms with E-state index < -0.39 is 5.41 Å². The molecule has 1 aromatic rings. The molecular weight excluding hydrogens is 216 g/mol. The standard InChI is InChI=1S/C12H18N4O/c1-4-12(2,9-13)11(17)14-7-5-10-6-8-15-16(10)3/h6,8H,4-5,7H2,1-3H3,(H,14,17). The summed E-state index contributed by atoms with van der Waals surface area (Å²) in [6.07, 6.45) is 2.96. The van der Waals surface area contributed by atoms with Crippen LogP contribution in [0, 0.1) is 16.7 Å². The minimum absolute atomic E-state index is 0.204. The Kier molecular flexibility index (Phi) is 4.27. The van der Waals surface area contributed by atoms with Gasteiger partial charge in [-0.25, -0.2) is 0 Å². The van der Waals surface area contributed by atoms with E-state index in [1.54, 1.807) is 17.8 Å². The minimum Gasteiger partial charge on any atom is -0.354 e. The van der Waals surface area contributed by atoms with E-state index in [4.69, 9.17) is 5.26 Å². The van der Waals surface area contributed by atoms with Gasteiger partial charge in [-0.1, -0.05) is 6.92 Å². The summed E-state index contributed by atoms with van der Waals surface area (Å²) in [4.78, 5) is 11.8. The van der Waals surface area contributed by atoms with Crippen molar-refractivity contribution in [1.82, 2.24) is 15.1 Å². The fourth-order valence-electron chi connectivity index (χ4n) is 1.44. The summed E-state index contributed by atoms with van der Waals surface area (Å²) in [7, 11) is 1.86. The van der Waals surface area contributed by atoms with E-state index in [-0.39, 0.29) is 5.91 Å². The normalized spacial score (nSPS) is 13.8. The average Bonchev–Trinajstić information content (AvgIpc) is 2.74. The number of amides is 1. The molecule has 5 heteroatoms. The van der Waals surface area contributed by atoms with E-state index >= 15 is 0 Å². The highest BCUT2D eigenvalue weighted by molar-refractivity contribution is 5.84. The third kappa shape index (κ3) is 3.06. The lowest BCUT2D eigenvalue weighted by atomic mass is 9.88. The van der Waals surface area contributed by atoms with Crippen LogP contribution in [0.2, 0.25) is 0 Å². The Balaban J connectivity index is 2.45. The van der Waals surface area contributed by atoms with E-state index in [1.165, 1.54) is 0 Å². The SMILES string of the molecule is CCC(C)(C#N)C(=O)NCCc1ccnn1C. The molecular formula is C12H18N4O. The van der Waals surface area contributed by atoms with Crippen LogP contribution in [-0.4, -0.2) is 22.2 Å². The summed E-state index contributed by atoms with van der Waals surface area (Å²) >= 11 is 0. The average molecular weight is 234 g/mol. The largest absolute Gasteiger partial charge is 0.354 e. The molecule has 1 rings (SSSR count). The molecule has 0 saturated carbocycles. The molecule has 5 nitrogen and oxygen atoms in total. The molecule has 17 heavy (non-hydrogen) atoms. The molecule has 0 aliphatic heterocycles. The fraction of sp³-hybridized carbons (Fsp3) is 0.583. The second-order valence-electron chi connectivity index (χ2n) is 4.25. The number of aromatic nitrogens is 2. The molecule has 92 valence electrons. The predicted octanol–water partition coefficient (Wildman–Crippen LogP) is 1.02. The van der Waals surface area contributed by atoms with Crippen molar-refractivity contribution in [3.05, 3.63) is 18.0 Å². The third-order valence-electron chi connectivity index (χ3n) is 3.04. The van der Waals surface area contributed by atoms with Gasteiger partial charge in [-0.15, -0.1) is 0 Å². The Morgan fingerprint density at radius 3 is 2.88 bits per heavy atom. The third-order valence-corrected chi connectivity index (χ3v) is 3.04. The van der Waals surface area contributed by atoms with E-state index in [9.17, 15) is 4.79 Å². The summed E-state index contributed by atoms with van der Waals surface area (Å²) in [5, 5.41) is 15.8.